The van der Waals surface area contributed by atoms with Gasteiger partial charge in [-0.25, -0.2) is 0 Å². The Bertz CT molecular complexity index is 695. The van der Waals surface area contributed by atoms with Crippen molar-refractivity contribution in [1.82, 2.24) is 15.1 Å². The van der Waals surface area contributed by atoms with Gasteiger partial charge in [0.05, 0.1) is 12.0 Å². The molecule has 0 atom stereocenters. The van der Waals surface area contributed by atoms with E-state index in [2.05, 4.69) is 15.5 Å². The third-order valence-corrected chi connectivity index (χ3v) is 4.83. The molecule has 0 aromatic carbocycles. The topological polar surface area (TPSA) is 88.3 Å². The Hall–Kier alpha value is -2.35. The number of carbonyl (C=O) groups excluding carboxylic acids is 2. The van der Waals surface area contributed by atoms with E-state index in [1.54, 1.807) is 24.3 Å². The number of rotatable bonds is 5. The molecule has 0 bridgehead atoms. The van der Waals surface area contributed by atoms with Gasteiger partial charge in [-0.1, -0.05) is 24.6 Å². The first-order valence-electron chi connectivity index (χ1n) is 8.31. The highest BCUT2D eigenvalue weighted by Gasteiger charge is 2.16. The standard InChI is InChI=1S/C17H20N4O3S/c22-16(21-9-3-1-2-4-10-21)12-25-15-8-7-14(19-20-15)18-17(23)13-6-5-11-24-13/h5-8,11H,1-4,9-10,12H2,(H,18,19,23). The Balaban J connectivity index is 1.48. The fraction of sp³-hybridized carbons (Fsp3) is 0.412. The van der Waals surface area contributed by atoms with E-state index >= 15 is 0 Å². The maximum absolute atomic E-state index is 12.3. The van der Waals surface area contributed by atoms with Crippen LogP contribution in [0, 0.1) is 0 Å². The van der Waals surface area contributed by atoms with Crippen molar-refractivity contribution in [2.24, 2.45) is 0 Å². The lowest BCUT2D eigenvalue weighted by Gasteiger charge is -2.19. The molecule has 1 fully saturated rings. The molecule has 8 heteroatoms. The van der Waals surface area contributed by atoms with Crippen LogP contribution in [0.3, 0.4) is 0 Å². The summed E-state index contributed by atoms with van der Waals surface area (Å²) in [4.78, 5) is 26.0. The van der Waals surface area contributed by atoms with E-state index in [9.17, 15) is 9.59 Å². The predicted molar refractivity (Wildman–Crippen MR) is 94.5 cm³/mol. The van der Waals surface area contributed by atoms with E-state index in [1.807, 2.05) is 4.90 Å². The van der Waals surface area contributed by atoms with Gasteiger partial charge in [0, 0.05) is 13.1 Å². The number of thioether (sulfide) groups is 1. The lowest BCUT2D eigenvalue weighted by molar-refractivity contribution is -0.128. The molecule has 0 saturated carbocycles. The number of carbonyl (C=O) groups is 2. The Kier molecular flexibility index (Phi) is 6.05. The average Bonchev–Trinajstić information content (AvgIpc) is 3.03. The van der Waals surface area contributed by atoms with E-state index in [1.165, 1.54) is 30.9 Å². The summed E-state index contributed by atoms with van der Waals surface area (Å²) in [5, 5.41) is 11.3. The van der Waals surface area contributed by atoms with Gasteiger partial charge >= 0.3 is 0 Å². The fourth-order valence-corrected chi connectivity index (χ4v) is 3.31. The molecule has 2 amide bonds. The van der Waals surface area contributed by atoms with Crippen molar-refractivity contribution in [2.45, 2.75) is 30.7 Å². The van der Waals surface area contributed by atoms with Crippen molar-refractivity contribution in [3.8, 4) is 0 Å². The van der Waals surface area contributed by atoms with E-state index in [0.29, 0.717) is 16.6 Å². The quantitative estimate of drug-likeness (QED) is 0.825. The largest absolute Gasteiger partial charge is 0.459 e. The number of aromatic nitrogens is 2. The Labute approximate surface area is 150 Å². The first kappa shape index (κ1) is 17.5. The SMILES string of the molecule is O=C(Nc1ccc(SCC(=O)N2CCCCCC2)nn1)c1ccco1. The molecule has 2 aromatic heterocycles. The van der Waals surface area contributed by atoms with Gasteiger partial charge in [0.1, 0.15) is 5.03 Å². The second-order valence-electron chi connectivity index (χ2n) is 5.77. The molecule has 0 radical (unpaired) electrons. The normalized spacial score (nSPS) is 14.8. The van der Waals surface area contributed by atoms with E-state index in [-0.39, 0.29) is 17.6 Å². The Morgan fingerprint density at radius 1 is 1.12 bits per heavy atom. The van der Waals surface area contributed by atoms with Crippen LogP contribution in [0.1, 0.15) is 36.2 Å². The smallest absolute Gasteiger partial charge is 0.292 e. The van der Waals surface area contributed by atoms with Gasteiger partial charge in [-0.2, -0.15) is 0 Å². The molecule has 1 aliphatic rings. The molecule has 1 aliphatic heterocycles. The fourth-order valence-electron chi connectivity index (χ4n) is 2.60. The van der Waals surface area contributed by atoms with Crippen LogP contribution < -0.4 is 5.32 Å². The summed E-state index contributed by atoms with van der Waals surface area (Å²) in [5.74, 6) is 0.667. The van der Waals surface area contributed by atoms with Crippen molar-refractivity contribution in [1.29, 1.82) is 0 Å². The average molecular weight is 360 g/mol. The van der Waals surface area contributed by atoms with Crippen molar-refractivity contribution < 1.29 is 14.0 Å². The predicted octanol–water partition coefficient (Wildman–Crippen LogP) is 2.82. The molecule has 0 unspecified atom stereocenters. The zero-order valence-corrected chi connectivity index (χ0v) is 14.6. The summed E-state index contributed by atoms with van der Waals surface area (Å²) >= 11 is 1.36. The van der Waals surface area contributed by atoms with Crippen LogP contribution in [0.4, 0.5) is 5.82 Å². The summed E-state index contributed by atoms with van der Waals surface area (Å²) in [7, 11) is 0. The zero-order chi connectivity index (χ0) is 17.5. The molecule has 1 saturated heterocycles. The van der Waals surface area contributed by atoms with Gasteiger partial charge in [-0.15, -0.1) is 10.2 Å². The van der Waals surface area contributed by atoms with E-state index < -0.39 is 0 Å². The first-order valence-corrected chi connectivity index (χ1v) is 9.30. The highest BCUT2D eigenvalue weighted by molar-refractivity contribution is 7.99. The van der Waals surface area contributed by atoms with Crippen LogP contribution in [0.15, 0.2) is 40.0 Å². The number of amides is 2. The maximum atomic E-state index is 12.3. The second kappa shape index (κ2) is 8.66. The van der Waals surface area contributed by atoms with Crippen LogP contribution in [0.2, 0.25) is 0 Å². The summed E-state index contributed by atoms with van der Waals surface area (Å²) < 4.78 is 5.02. The van der Waals surface area contributed by atoms with Crippen molar-refractivity contribution >= 4 is 29.4 Å². The lowest BCUT2D eigenvalue weighted by atomic mass is 10.2. The Morgan fingerprint density at radius 3 is 2.56 bits per heavy atom. The second-order valence-corrected chi connectivity index (χ2v) is 6.77. The molecule has 2 aromatic rings. The van der Waals surface area contributed by atoms with Crippen LogP contribution in [0.25, 0.3) is 0 Å². The number of likely N-dealkylation sites (tertiary alicyclic amines) is 1. The van der Waals surface area contributed by atoms with Crippen molar-refractivity contribution in [3.05, 3.63) is 36.3 Å². The molecule has 0 spiro atoms. The zero-order valence-electron chi connectivity index (χ0n) is 13.8. The minimum atomic E-state index is -0.379. The van der Waals surface area contributed by atoms with Crippen LogP contribution in [0.5, 0.6) is 0 Å². The number of hydrogen-bond donors (Lipinski definition) is 1. The highest BCUT2D eigenvalue weighted by Crippen LogP contribution is 2.18. The van der Waals surface area contributed by atoms with E-state index in [4.69, 9.17) is 4.42 Å². The maximum Gasteiger partial charge on any atom is 0.292 e. The van der Waals surface area contributed by atoms with Crippen LogP contribution in [-0.4, -0.2) is 45.8 Å². The first-order chi connectivity index (χ1) is 12.2. The van der Waals surface area contributed by atoms with Crippen molar-refractivity contribution in [2.75, 3.05) is 24.2 Å². The minimum Gasteiger partial charge on any atom is -0.459 e. The summed E-state index contributed by atoms with van der Waals surface area (Å²) in [6, 6.07) is 6.61. The van der Waals surface area contributed by atoms with Crippen LogP contribution >= 0.6 is 11.8 Å². The molecule has 3 rings (SSSR count). The Morgan fingerprint density at radius 2 is 1.92 bits per heavy atom. The molecule has 1 N–H and O–H groups in total. The molecule has 132 valence electrons. The number of nitrogens with zero attached hydrogens (tertiary/aromatic N) is 3. The van der Waals surface area contributed by atoms with Crippen LogP contribution in [-0.2, 0) is 4.79 Å². The molecular weight excluding hydrogens is 340 g/mol. The van der Waals surface area contributed by atoms with Gasteiger partial charge in [-0.05, 0) is 37.1 Å². The molecule has 3 heterocycles. The van der Waals surface area contributed by atoms with Gasteiger partial charge in [-0.3, -0.25) is 9.59 Å². The van der Waals surface area contributed by atoms with E-state index in [0.717, 1.165) is 25.9 Å². The number of nitrogens with one attached hydrogen (secondary N) is 1. The number of furan rings is 1. The highest BCUT2D eigenvalue weighted by atomic mass is 32.2. The minimum absolute atomic E-state index is 0.142. The molecule has 0 aliphatic carbocycles. The van der Waals surface area contributed by atoms with Gasteiger partial charge < -0.3 is 14.6 Å². The summed E-state index contributed by atoms with van der Waals surface area (Å²) in [5.41, 5.74) is 0. The number of hydrogen-bond acceptors (Lipinski definition) is 6. The summed E-state index contributed by atoms with van der Waals surface area (Å²) in [6.07, 6.45) is 6.00. The number of anilines is 1. The van der Waals surface area contributed by atoms with Gasteiger partial charge in [0.25, 0.3) is 5.91 Å². The van der Waals surface area contributed by atoms with Gasteiger partial charge in [0.15, 0.2) is 11.6 Å². The molecule has 25 heavy (non-hydrogen) atoms. The monoisotopic (exact) mass is 360 g/mol. The lowest BCUT2D eigenvalue weighted by Crippen LogP contribution is -2.33. The van der Waals surface area contributed by atoms with Gasteiger partial charge in [0.2, 0.25) is 5.91 Å². The third kappa shape index (κ3) is 5.06. The molecule has 7 nitrogen and oxygen atoms in total. The van der Waals surface area contributed by atoms with Crippen molar-refractivity contribution in [3.63, 3.8) is 0 Å². The summed E-state index contributed by atoms with van der Waals surface area (Å²) in [6.45, 7) is 1.70. The third-order valence-electron chi connectivity index (χ3n) is 3.93. The molecular formula is C17H20N4O3S.